The SMILES string of the molecule is CCn1nc(C)c2c1C(=O)Nc1nc3cc(C(N)=O)cc(OCCN4CCC45CCOCC5)c3n1C/C=C/Cn1c(nc3cc(C(N)=O)cnc31)NC(=O)c1n(CC)nc(C)[n+]1-2. The lowest BCUT2D eigenvalue weighted by atomic mass is 9.78. The lowest BCUT2D eigenvalue weighted by Crippen LogP contribution is -2.62. The summed E-state index contributed by atoms with van der Waals surface area (Å²) in [6.45, 7) is 11.7. The number of hydrogen-bond donors (Lipinski definition) is 4. The van der Waals surface area contributed by atoms with Crippen LogP contribution in [0, 0.1) is 13.8 Å². The second-order valence-corrected chi connectivity index (χ2v) is 15.7. The summed E-state index contributed by atoms with van der Waals surface area (Å²) in [6.07, 6.45) is 8.15. The predicted octanol–water partition coefficient (Wildman–Crippen LogP) is 2.01. The maximum absolute atomic E-state index is 14.8. The van der Waals surface area contributed by atoms with Crippen LogP contribution in [0.4, 0.5) is 11.9 Å². The van der Waals surface area contributed by atoms with Gasteiger partial charge in [-0.2, -0.15) is 9.67 Å². The molecule has 0 unspecified atom stereocenters. The molecule has 8 heterocycles. The first-order valence-electron chi connectivity index (χ1n) is 20.7. The molecule has 4 amide bonds. The van der Waals surface area contributed by atoms with Crippen molar-refractivity contribution in [3.05, 3.63) is 70.7 Å². The standard InChI is InChI=1S/C41H47N15O6/c1-5-54-32-30(23(3)49-54)56-24(4)50-55(6-2)38(56)37(60)48-40-46-28-20-26(34(43)58)22-44-35(28)53(40)13-8-7-12-52-31-27(45-39(52)47-36(32)59)19-25(33(42)57)21-29(31)62-18-15-51-14-9-41(51)10-16-61-17-11-41/h7-8,19-22H,5-6,9-18H2,1-4H3,(H5-,42,43,45,46,47,48,57,58,59,60)/p+1/b8-7+. The van der Waals surface area contributed by atoms with Crippen molar-refractivity contribution in [3.8, 4) is 11.4 Å². The molecule has 5 aromatic heterocycles. The van der Waals surface area contributed by atoms with Crippen LogP contribution in [0.5, 0.6) is 5.75 Å². The number of imidazole rings is 2. The molecule has 322 valence electrons. The fourth-order valence-electron chi connectivity index (χ4n) is 8.90. The third-order valence-corrected chi connectivity index (χ3v) is 12.1. The van der Waals surface area contributed by atoms with E-state index in [4.69, 9.17) is 31.0 Å². The highest BCUT2D eigenvalue weighted by atomic mass is 16.5. The molecule has 6 N–H and O–H groups in total. The van der Waals surface area contributed by atoms with Gasteiger partial charge in [0.2, 0.25) is 23.7 Å². The summed E-state index contributed by atoms with van der Waals surface area (Å²) >= 11 is 0. The molecule has 2 fully saturated rings. The second-order valence-electron chi connectivity index (χ2n) is 15.7. The van der Waals surface area contributed by atoms with Gasteiger partial charge in [0, 0.05) is 75.3 Å². The van der Waals surface area contributed by atoms with E-state index in [9.17, 15) is 19.2 Å². The number of nitrogens with zero attached hydrogens (tertiary/aromatic N) is 11. The van der Waals surface area contributed by atoms with Gasteiger partial charge in [0.1, 0.15) is 29.9 Å². The van der Waals surface area contributed by atoms with Crippen molar-refractivity contribution in [2.24, 2.45) is 11.5 Å². The van der Waals surface area contributed by atoms with Crippen LogP contribution in [-0.4, -0.2) is 111 Å². The third kappa shape index (κ3) is 6.82. The number of benzene rings is 1. The number of hydrogen-bond acceptors (Lipinski definition) is 12. The van der Waals surface area contributed by atoms with E-state index in [1.54, 1.807) is 39.8 Å². The molecule has 0 radical (unpaired) electrons. The molecule has 0 bridgehead atoms. The fraction of sp³-hybridized carbons (Fsp3) is 0.415. The Kier molecular flexibility index (Phi) is 10.3. The summed E-state index contributed by atoms with van der Waals surface area (Å²) in [5, 5.41) is 15.4. The van der Waals surface area contributed by atoms with Gasteiger partial charge < -0.3 is 25.5 Å². The van der Waals surface area contributed by atoms with Crippen molar-refractivity contribution >= 4 is 57.7 Å². The molecule has 21 nitrogen and oxygen atoms in total. The first-order valence-corrected chi connectivity index (χ1v) is 20.7. The summed E-state index contributed by atoms with van der Waals surface area (Å²) in [5.41, 5.74) is 14.5. The average molecular weight is 847 g/mol. The number of rotatable bonds is 8. The van der Waals surface area contributed by atoms with Gasteiger partial charge in [-0.3, -0.25) is 44.0 Å². The Morgan fingerprint density at radius 1 is 0.871 bits per heavy atom. The molecule has 0 aliphatic carbocycles. The number of fused-ring (bicyclic) bond motifs is 9. The van der Waals surface area contributed by atoms with Gasteiger partial charge >= 0.3 is 11.7 Å². The highest BCUT2D eigenvalue weighted by Crippen LogP contribution is 2.39. The number of carbonyl (C=O) groups excluding carboxylic acids is 4. The zero-order valence-corrected chi connectivity index (χ0v) is 35.0. The average Bonchev–Trinajstić information content (AvgIpc) is 3.98. The zero-order chi connectivity index (χ0) is 43.4. The van der Waals surface area contributed by atoms with Crippen LogP contribution < -0.4 is 31.4 Å². The number of nitrogens with two attached hydrogens (primary N) is 2. The molecule has 6 aromatic rings. The third-order valence-electron chi connectivity index (χ3n) is 12.1. The number of amides is 4. The topological polar surface area (TPSA) is 254 Å². The number of aromatic nitrogens is 10. The second kappa shape index (κ2) is 15.8. The highest BCUT2D eigenvalue weighted by molar-refractivity contribution is 6.06. The van der Waals surface area contributed by atoms with Crippen LogP contribution in [0.3, 0.4) is 0 Å². The van der Waals surface area contributed by atoms with E-state index in [2.05, 4.69) is 30.6 Å². The molecule has 1 aromatic carbocycles. The Morgan fingerprint density at radius 3 is 2.24 bits per heavy atom. The number of ether oxygens (including phenoxy) is 2. The summed E-state index contributed by atoms with van der Waals surface area (Å²) in [6, 6.07) is 4.72. The van der Waals surface area contributed by atoms with E-state index in [0.29, 0.717) is 71.4 Å². The van der Waals surface area contributed by atoms with Crippen molar-refractivity contribution in [3.63, 3.8) is 0 Å². The molecule has 0 saturated carbocycles. The highest BCUT2D eigenvalue weighted by Gasteiger charge is 2.45. The van der Waals surface area contributed by atoms with Crippen molar-refractivity contribution in [2.45, 2.75) is 78.7 Å². The van der Waals surface area contributed by atoms with E-state index in [0.717, 1.165) is 39.0 Å². The van der Waals surface area contributed by atoms with Crippen LogP contribution in [0.15, 0.2) is 36.5 Å². The maximum atomic E-state index is 14.8. The number of primary amides is 2. The Labute approximate surface area is 354 Å². The molecular weight excluding hydrogens is 799 g/mol. The van der Waals surface area contributed by atoms with Crippen LogP contribution in [0.1, 0.15) is 86.5 Å². The van der Waals surface area contributed by atoms with Gasteiger partial charge in [-0.25, -0.2) is 15.0 Å². The van der Waals surface area contributed by atoms with Gasteiger partial charge in [-0.15, -0.1) is 4.68 Å². The molecular formula is C41H48N15O6+. The van der Waals surface area contributed by atoms with E-state index in [1.165, 1.54) is 16.9 Å². The van der Waals surface area contributed by atoms with Crippen molar-refractivity contribution in [1.82, 2.24) is 48.5 Å². The lowest BCUT2D eigenvalue weighted by molar-refractivity contribution is -0.606. The van der Waals surface area contributed by atoms with E-state index < -0.39 is 23.6 Å². The van der Waals surface area contributed by atoms with Gasteiger partial charge in [-0.05, 0) is 58.2 Å². The molecule has 9 rings (SSSR count). The predicted molar refractivity (Wildman–Crippen MR) is 224 cm³/mol. The van der Waals surface area contributed by atoms with Crippen molar-refractivity contribution in [2.75, 3.05) is 43.5 Å². The van der Waals surface area contributed by atoms with Crippen molar-refractivity contribution in [1.29, 1.82) is 0 Å². The van der Waals surface area contributed by atoms with Crippen LogP contribution in [0.25, 0.3) is 27.9 Å². The minimum absolute atomic E-state index is 0.110. The van der Waals surface area contributed by atoms with Crippen LogP contribution in [-0.2, 0) is 30.9 Å². The molecule has 3 aliphatic rings. The van der Waals surface area contributed by atoms with Crippen LogP contribution in [0.2, 0.25) is 0 Å². The molecule has 21 heteroatoms. The van der Waals surface area contributed by atoms with Gasteiger partial charge in [-0.1, -0.05) is 12.2 Å². The van der Waals surface area contributed by atoms with Gasteiger partial charge in [0.25, 0.3) is 11.7 Å². The summed E-state index contributed by atoms with van der Waals surface area (Å²) in [5.74, 6) is -1.21. The Hall–Kier alpha value is -7.00. The minimum atomic E-state index is -0.672. The van der Waals surface area contributed by atoms with Gasteiger partial charge in [0.05, 0.1) is 16.8 Å². The Bertz CT molecular complexity index is 2840. The summed E-state index contributed by atoms with van der Waals surface area (Å²) in [4.78, 5) is 70.6. The lowest BCUT2D eigenvalue weighted by Gasteiger charge is -2.55. The summed E-state index contributed by atoms with van der Waals surface area (Å²) < 4.78 is 20.4. The molecule has 1 spiro atoms. The number of pyridine rings is 1. The largest absolute Gasteiger partial charge is 0.490 e. The van der Waals surface area contributed by atoms with Gasteiger partial charge in [0.15, 0.2) is 17.0 Å². The fourth-order valence-corrected chi connectivity index (χ4v) is 8.90. The van der Waals surface area contributed by atoms with E-state index in [-0.39, 0.29) is 53.2 Å². The maximum Gasteiger partial charge on any atom is 0.331 e. The Morgan fingerprint density at radius 2 is 1.55 bits per heavy atom. The zero-order valence-electron chi connectivity index (χ0n) is 35.0. The minimum Gasteiger partial charge on any atom is -0.490 e. The first kappa shape index (κ1) is 40.4. The molecule has 0 atom stereocenters. The number of carbonyl (C=O) groups is 4. The number of aryl methyl sites for hydroxylation is 4. The monoisotopic (exact) mass is 846 g/mol. The smallest absolute Gasteiger partial charge is 0.331 e. The van der Waals surface area contributed by atoms with Crippen LogP contribution >= 0.6 is 0 Å². The number of likely N-dealkylation sites (tertiary alicyclic amines) is 1. The Balaban J connectivity index is 1.20. The molecule has 3 aliphatic heterocycles. The summed E-state index contributed by atoms with van der Waals surface area (Å²) in [7, 11) is 0. The normalized spacial score (nSPS) is 17.2. The first-order chi connectivity index (χ1) is 29.9. The number of allylic oxidation sites excluding steroid dienone is 2. The number of anilines is 2. The van der Waals surface area contributed by atoms with E-state index >= 15 is 0 Å². The van der Waals surface area contributed by atoms with Crippen molar-refractivity contribution < 1.29 is 33.2 Å². The molecule has 2 saturated heterocycles. The molecule has 62 heavy (non-hydrogen) atoms. The number of nitrogens with one attached hydrogen (secondary N) is 2. The quantitative estimate of drug-likeness (QED) is 0.127. The van der Waals surface area contributed by atoms with E-state index in [1.807, 2.05) is 30.6 Å².